The van der Waals surface area contributed by atoms with Gasteiger partial charge in [-0.25, -0.2) is 4.98 Å². The fourth-order valence-electron chi connectivity index (χ4n) is 2.34. The van der Waals surface area contributed by atoms with Gasteiger partial charge in [-0.05, 0) is 31.2 Å². The summed E-state index contributed by atoms with van der Waals surface area (Å²) in [5, 5.41) is 1.10. The van der Waals surface area contributed by atoms with Gasteiger partial charge >= 0.3 is 0 Å². The first-order valence-electron chi connectivity index (χ1n) is 6.30. The van der Waals surface area contributed by atoms with E-state index in [1.54, 1.807) is 0 Å². The predicted octanol–water partition coefficient (Wildman–Crippen LogP) is 2.66. The van der Waals surface area contributed by atoms with E-state index in [1.807, 2.05) is 43.6 Å². The maximum Gasteiger partial charge on any atom is 0.150 e. The van der Waals surface area contributed by atoms with Crippen molar-refractivity contribution in [3.05, 3.63) is 54.2 Å². The largest absolute Gasteiger partial charge is 0.346 e. The number of aryl methyl sites for hydroxylation is 3. The molecule has 4 nitrogen and oxygen atoms in total. The summed E-state index contributed by atoms with van der Waals surface area (Å²) in [5.41, 5.74) is 1.87. The molecule has 3 rings (SSSR count). The summed E-state index contributed by atoms with van der Waals surface area (Å²) >= 11 is 0. The molecule has 0 fully saturated rings. The van der Waals surface area contributed by atoms with Crippen LogP contribution in [0, 0.1) is 6.92 Å². The number of carbonyl (C=O) groups excluding carboxylic acids is 1. The first-order chi connectivity index (χ1) is 9.28. The Morgan fingerprint density at radius 2 is 2.00 bits per heavy atom. The van der Waals surface area contributed by atoms with Crippen molar-refractivity contribution in [2.45, 2.75) is 20.0 Å². The zero-order valence-corrected chi connectivity index (χ0v) is 10.8. The molecule has 0 spiro atoms. The number of carbonyl (C=O) groups is 1. The van der Waals surface area contributed by atoms with E-state index in [9.17, 15) is 4.79 Å². The van der Waals surface area contributed by atoms with E-state index in [4.69, 9.17) is 0 Å². The van der Waals surface area contributed by atoms with Crippen LogP contribution in [0.4, 0.5) is 0 Å². The van der Waals surface area contributed by atoms with Crippen LogP contribution in [0.1, 0.15) is 16.2 Å². The third-order valence-electron chi connectivity index (χ3n) is 3.44. The summed E-state index contributed by atoms with van der Waals surface area (Å²) in [4.78, 5) is 15.0. The summed E-state index contributed by atoms with van der Waals surface area (Å²) in [6.07, 6.45) is 6.75. The second-order valence-electron chi connectivity index (χ2n) is 4.61. The van der Waals surface area contributed by atoms with E-state index in [0.717, 1.165) is 41.7 Å². The van der Waals surface area contributed by atoms with E-state index in [0.29, 0.717) is 0 Å². The Morgan fingerprint density at radius 1 is 1.16 bits per heavy atom. The molecule has 0 aliphatic rings. The second kappa shape index (κ2) is 4.72. The second-order valence-corrected chi connectivity index (χ2v) is 4.61. The van der Waals surface area contributed by atoms with E-state index < -0.39 is 0 Å². The monoisotopic (exact) mass is 253 g/mol. The van der Waals surface area contributed by atoms with Crippen molar-refractivity contribution in [3.63, 3.8) is 0 Å². The summed E-state index contributed by atoms with van der Waals surface area (Å²) in [5.74, 6) is 1.03. The number of fused-ring (bicyclic) bond motifs is 1. The minimum absolute atomic E-state index is 0.718. The van der Waals surface area contributed by atoms with Crippen molar-refractivity contribution in [1.29, 1.82) is 0 Å². The van der Waals surface area contributed by atoms with Gasteiger partial charge in [-0.15, -0.1) is 0 Å². The average Bonchev–Trinajstić information content (AvgIpc) is 3.02. The Labute approximate surface area is 111 Å². The van der Waals surface area contributed by atoms with E-state index in [-0.39, 0.29) is 0 Å². The van der Waals surface area contributed by atoms with Crippen molar-refractivity contribution in [1.82, 2.24) is 14.1 Å². The highest BCUT2D eigenvalue weighted by Gasteiger charge is 2.03. The van der Waals surface area contributed by atoms with E-state index in [1.165, 1.54) is 0 Å². The number of nitrogens with zero attached hydrogens (tertiary/aromatic N) is 3. The predicted molar refractivity (Wildman–Crippen MR) is 74.3 cm³/mol. The van der Waals surface area contributed by atoms with Crippen molar-refractivity contribution in [2.75, 3.05) is 0 Å². The molecule has 2 aromatic heterocycles. The molecule has 0 saturated heterocycles. The Kier molecular flexibility index (Phi) is 2.91. The van der Waals surface area contributed by atoms with Crippen LogP contribution in [0.15, 0.2) is 42.9 Å². The van der Waals surface area contributed by atoms with Gasteiger partial charge in [0.1, 0.15) is 12.1 Å². The van der Waals surface area contributed by atoms with E-state index >= 15 is 0 Å². The van der Waals surface area contributed by atoms with Gasteiger partial charge in [-0.2, -0.15) is 0 Å². The molecule has 0 bridgehead atoms. The Bertz CT molecular complexity index is 724. The zero-order valence-electron chi connectivity index (χ0n) is 10.8. The van der Waals surface area contributed by atoms with Crippen molar-refractivity contribution < 1.29 is 4.79 Å². The van der Waals surface area contributed by atoms with Gasteiger partial charge < -0.3 is 9.13 Å². The smallest absolute Gasteiger partial charge is 0.150 e. The third-order valence-corrected chi connectivity index (χ3v) is 3.44. The first kappa shape index (κ1) is 11.7. The Morgan fingerprint density at radius 3 is 2.74 bits per heavy atom. The highest BCUT2D eigenvalue weighted by molar-refractivity contribution is 5.87. The highest BCUT2D eigenvalue weighted by atomic mass is 16.1. The van der Waals surface area contributed by atoms with Crippen LogP contribution in [0.2, 0.25) is 0 Å². The van der Waals surface area contributed by atoms with Crippen LogP contribution >= 0.6 is 0 Å². The fourth-order valence-corrected chi connectivity index (χ4v) is 2.34. The standard InChI is InChI=1S/C15H15N3O/c1-12-16-5-7-17(12)8-9-18-6-4-14-10-13(11-19)2-3-15(14)18/h2-7,10-11H,8-9H2,1H3. The number of benzene rings is 1. The Hall–Kier alpha value is -2.36. The lowest BCUT2D eigenvalue weighted by Crippen LogP contribution is -2.07. The first-order valence-corrected chi connectivity index (χ1v) is 6.30. The molecule has 0 aliphatic carbocycles. The number of hydrogen-bond donors (Lipinski definition) is 0. The van der Waals surface area contributed by atoms with Crippen molar-refractivity contribution >= 4 is 17.2 Å². The summed E-state index contributed by atoms with van der Waals surface area (Å²) in [6.45, 7) is 3.79. The van der Waals surface area contributed by atoms with Gasteiger partial charge in [-0.1, -0.05) is 0 Å². The average molecular weight is 253 g/mol. The van der Waals surface area contributed by atoms with Crippen LogP contribution in [0.5, 0.6) is 0 Å². The molecule has 0 radical (unpaired) electrons. The van der Waals surface area contributed by atoms with Crippen LogP contribution in [0.3, 0.4) is 0 Å². The summed E-state index contributed by atoms with van der Waals surface area (Å²) in [7, 11) is 0. The quantitative estimate of drug-likeness (QED) is 0.671. The molecule has 2 heterocycles. The van der Waals surface area contributed by atoms with Gasteiger partial charge in [0.15, 0.2) is 0 Å². The molecule has 0 saturated carbocycles. The van der Waals surface area contributed by atoms with Crippen LogP contribution in [0.25, 0.3) is 10.9 Å². The van der Waals surface area contributed by atoms with Crippen LogP contribution in [-0.4, -0.2) is 20.4 Å². The molecule has 19 heavy (non-hydrogen) atoms. The molecular formula is C15H15N3O. The molecule has 4 heteroatoms. The number of imidazole rings is 1. The fraction of sp³-hybridized carbons (Fsp3) is 0.200. The topological polar surface area (TPSA) is 39.8 Å². The van der Waals surface area contributed by atoms with Gasteiger partial charge in [0.25, 0.3) is 0 Å². The van der Waals surface area contributed by atoms with Crippen LogP contribution in [-0.2, 0) is 13.1 Å². The molecule has 0 unspecified atom stereocenters. The van der Waals surface area contributed by atoms with Gasteiger partial charge in [0, 0.05) is 48.1 Å². The molecular weight excluding hydrogens is 238 g/mol. The van der Waals surface area contributed by atoms with Crippen molar-refractivity contribution in [2.24, 2.45) is 0 Å². The molecule has 96 valence electrons. The number of rotatable bonds is 4. The summed E-state index contributed by atoms with van der Waals surface area (Å²) in [6, 6.07) is 7.82. The third kappa shape index (κ3) is 2.17. The molecule has 0 N–H and O–H groups in total. The minimum Gasteiger partial charge on any atom is -0.346 e. The minimum atomic E-state index is 0.718. The zero-order chi connectivity index (χ0) is 13.2. The maximum atomic E-state index is 10.8. The van der Waals surface area contributed by atoms with Crippen molar-refractivity contribution in [3.8, 4) is 0 Å². The highest BCUT2D eigenvalue weighted by Crippen LogP contribution is 2.17. The molecule has 0 atom stereocenters. The number of aromatic nitrogens is 3. The van der Waals surface area contributed by atoms with E-state index in [2.05, 4.69) is 20.3 Å². The molecule has 0 amide bonds. The lowest BCUT2D eigenvalue weighted by molar-refractivity contribution is 0.112. The van der Waals surface area contributed by atoms with Crippen LogP contribution < -0.4 is 0 Å². The maximum absolute atomic E-state index is 10.8. The normalized spacial score (nSPS) is 11.0. The number of hydrogen-bond acceptors (Lipinski definition) is 2. The van der Waals surface area contributed by atoms with Gasteiger partial charge in [-0.3, -0.25) is 4.79 Å². The lowest BCUT2D eigenvalue weighted by atomic mass is 10.2. The molecule has 0 aliphatic heterocycles. The lowest BCUT2D eigenvalue weighted by Gasteiger charge is -2.08. The Balaban J connectivity index is 1.85. The van der Waals surface area contributed by atoms with Gasteiger partial charge in [0.05, 0.1) is 0 Å². The molecule has 3 aromatic rings. The summed E-state index contributed by atoms with van der Waals surface area (Å²) < 4.78 is 4.33. The molecule has 1 aromatic carbocycles. The SMILES string of the molecule is Cc1nccn1CCn1ccc2cc(C=O)ccc21. The number of aldehydes is 1. The van der Waals surface area contributed by atoms with Gasteiger partial charge in [0.2, 0.25) is 0 Å².